The van der Waals surface area contributed by atoms with Gasteiger partial charge in [0.1, 0.15) is 0 Å². The van der Waals surface area contributed by atoms with Crippen molar-refractivity contribution in [3.63, 3.8) is 0 Å². The summed E-state index contributed by atoms with van der Waals surface area (Å²) in [5.41, 5.74) is 3.28. The van der Waals surface area contributed by atoms with Crippen LogP contribution in [0, 0.1) is 0 Å². The van der Waals surface area contributed by atoms with Crippen LogP contribution in [-0.2, 0) is 6.54 Å². The average molecular weight is 399 g/mol. The predicted molar refractivity (Wildman–Crippen MR) is 120 cm³/mol. The molecule has 0 saturated carbocycles. The molecule has 0 aliphatic heterocycles. The molecule has 0 aliphatic carbocycles. The van der Waals surface area contributed by atoms with E-state index in [0.717, 1.165) is 34.3 Å². The molecular formula is C22H30N4OS+2. The molecule has 28 heavy (non-hydrogen) atoms. The first-order valence-electron chi connectivity index (χ1n) is 9.31. The molecule has 0 fully saturated rings. The van der Waals surface area contributed by atoms with Gasteiger partial charge in [-0.3, -0.25) is 5.32 Å². The number of pyridine rings is 1. The minimum atomic E-state index is 0.118. The first-order chi connectivity index (χ1) is 13.7. The standard InChI is InChI=1S/C22H28N4OS/c1-4-25(3)22(23-2)28-18-16-26-14-11-19(12-15-26)9-10-20-7-5-6-8-21(20)24-13-17-27/h4-12,14-15,27H,1,13,16-18H2,2-3H3/p+2. The van der Waals surface area contributed by atoms with Crippen LogP contribution in [0.2, 0.25) is 0 Å². The van der Waals surface area contributed by atoms with Crippen molar-refractivity contribution in [2.75, 3.05) is 38.3 Å². The Bertz CT molecular complexity index is 816. The Morgan fingerprint density at radius 2 is 1.96 bits per heavy atom. The summed E-state index contributed by atoms with van der Waals surface area (Å²) < 4.78 is 4.17. The number of benzene rings is 1. The van der Waals surface area contributed by atoms with E-state index in [1.54, 1.807) is 18.0 Å². The van der Waals surface area contributed by atoms with Crippen LogP contribution in [0.1, 0.15) is 11.1 Å². The van der Waals surface area contributed by atoms with Crippen LogP contribution >= 0.6 is 11.8 Å². The molecule has 0 bridgehead atoms. The Balaban J connectivity index is 1.94. The Morgan fingerprint density at radius 1 is 1.21 bits per heavy atom. The number of nitrogens with zero attached hydrogens (tertiary/aromatic N) is 2. The van der Waals surface area contributed by atoms with Gasteiger partial charge < -0.3 is 10.4 Å². The number of hydrogen-bond donors (Lipinski definition) is 3. The van der Waals surface area contributed by atoms with Gasteiger partial charge in [0.15, 0.2) is 18.9 Å². The van der Waals surface area contributed by atoms with Gasteiger partial charge in [-0.15, -0.1) is 0 Å². The summed E-state index contributed by atoms with van der Waals surface area (Å²) in [4.78, 5) is 0. The molecule has 0 amide bonds. The van der Waals surface area contributed by atoms with Gasteiger partial charge in [0, 0.05) is 24.4 Å². The van der Waals surface area contributed by atoms with Crippen molar-refractivity contribution in [1.82, 2.24) is 5.32 Å². The van der Waals surface area contributed by atoms with Crippen LogP contribution in [0.3, 0.4) is 0 Å². The number of nitrogens with one attached hydrogen (secondary N) is 2. The number of rotatable bonds is 9. The Kier molecular flexibility index (Phi) is 9.31. The van der Waals surface area contributed by atoms with Gasteiger partial charge in [-0.05, 0) is 29.0 Å². The fraction of sp³-hybridized carbons (Fsp3) is 0.273. The number of aryl methyl sites for hydroxylation is 1. The second kappa shape index (κ2) is 12.0. The summed E-state index contributed by atoms with van der Waals surface area (Å²) in [6.45, 7) is 5.38. The summed E-state index contributed by atoms with van der Waals surface area (Å²) in [7, 11) is 3.91. The van der Waals surface area contributed by atoms with Crippen molar-refractivity contribution < 1.29 is 14.2 Å². The number of thioether (sulfide) groups is 1. The molecule has 0 aliphatic rings. The highest BCUT2D eigenvalue weighted by atomic mass is 32.2. The summed E-state index contributed by atoms with van der Waals surface area (Å²) in [6.07, 6.45) is 10.2. The quantitative estimate of drug-likeness (QED) is 0.345. The van der Waals surface area contributed by atoms with Gasteiger partial charge >= 0.3 is 5.17 Å². The molecule has 3 N–H and O–H groups in total. The van der Waals surface area contributed by atoms with Crippen LogP contribution in [0.15, 0.2) is 61.6 Å². The van der Waals surface area contributed by atoms with Crippen molar-refractivity contribution in [3.8, 4) is 0 Å². The van der Waals surface area contributed by atoms with E-state index in [-0.39, 0.29) is 6.61 Å². The van der Waals surface area contributed by atoms with E-state index >= 15 is 0 Å². The minimum Gasteiger partial charge on any atom is -0.395 e. The summed E-state index contributed by atoms with van der Waals surface area (Å²) in [5, 5.41) is 16.5. The van der Waals surface area contributed by atoms with Gasteiger partial charge in [0.05, 0.1) is 32.7 Å². The molecule has 2 aromatic rings. The maximum absolute atomic E-state index is 9.00. The van der Waals surface area contributed by atoms with E-state index in [1.807, 2.05) is 36.9 Å². The van der Waals surface area contributed by atoms with Crippen LogP contribution < -0.4 is 15.2 Å². The predicted octanol–water partition coefficient (Wildman–Crippen LogP) is 2.64. The smallest absolute Gasteiger partial charge is 0.310 e. The van der Waals surface area contributed by atoms with Gasteiger partial charge in [0.2, 0.25) is 0 Å². The van der Waals surface area contributed by atoms with E-state index in [4.69, 9.17) is 5.11 Å². The lowest BCUT2D eigenvalue weighted by molar-refractivity contribution is -0.692. The maximum atomic E-state index is 9.00. The minimum absolute atomic E-state index is 0.118. The molecule has 6 heteroatoms. The highest BCUT2D eigenvalue weighted by Gasteiger charge is 2.09. The Hall–Kier alpha value is -2.57. The van der Waals surface area contributed by atoms with E-state index in [0.29, 0.717) is 6.54 Å². The van der Waals surface area contributed by atoms with Gasteiger partial charge in [0.25, 0.3) is 0 Å². The number of aliphatic hydroxyl groups excluding tert-OH is 1. The number of hydrogen-bond acceptors (Lipinski definition) is 3. The molecule has 5 nitrogen and oxygen atoms in total. The summed E-state index contributed by atoms with van der Waals surface area (Å²) >= 11 is 1.77. The number of para-hydroxylation sites is 1. The molecule has 0 spiro atoms. The molecule has 0 radical (unpaired) electrons. The first kappa shape index (κ1) is 21.7. The molecule has 1 heterocycles. The van der Waals surface area contributed by atoms with E-state index in [1.165, 1.54) is 0 Å². The molecular weight excluding hydrogens is 368 g/mol. The summed E-state index contributed by atoms with van der Waals surface area (Å²) in [6, 6.07) is 12.3. The number of aliphatic hydroxyl groups is 1. The third-order valence-corrected chi connectivity index (χ3v) is 5.31. The molecule has 148 valence electrons. The summed E-state index contributed by atoms with van der Waals surface area (Å²) in [5.74, 6) is 0.970. The lowest BCUT2D eigenvalue weighted by Crippen LogP contribution is -2.35. The topological polar surface area (TPSA) is 51.2 Å². The monoisotopic (exact) mass is 398 g/mol. The molecule has 0 unspecified atom stereocenters. The molecule has 1 aromatic heterocycles. The lowest BCUT2D eigenvalue weighted by Gasteiger charge is -2.07. The maximum Gasteiger partial charge on any atom is 0.310 e. The van der Waals surface area contributed by atoms with Gasteiger partial charge in [-0.1, -0.05) is 36.9 Å². The third kappa shape index (κ3) is 6.87. The second-order valence-corrected chi connectivity index (χ2v) is 7.22. The van der Waals surface area contributed by atoms with Crippen LogP contribution in [0.5, 0.6) is 0 Å². The highest BCUT2D eigenvalue weighted by Crippen LogP contribution is 2.17. The molecule has 0 atom stereocenters. The van der Waals surface area contributed by atoms with E-state index in [2.05, 4.69) is 64.5 Å². The third-order valence-electron chi connectivity index (χ3n) is 4.16. The van der Waals surface area contributed by atoms with Gasteiger partial charge in [-0.25, -0.2) is 9.14 Å². The Labute approximate surface area is 172 Å². The highest BCUT2D eigenvalue weighted by molar-refractivity contribution is 8.13. The van der Waals surface area contributed by atoms with Crippen LogP contribution in [-0.4, -0.2) is 47.8 Å². The van der Waals surface area contributed by atoms with Crippen LogP contribution in [0.25, 0.3) is 12.2 Å². The number of amidine groups is 1. The van der Waals surface area contributed by atoms with Gasteiger partial charge in [-0.2, -0.15) is 0 Å². The zero-order valence-electron chi connectivity index (χ0n) is 16.6. The SMILES string of the molecule is C=C[N+](C)=C(NC)SCC[n+]1ccc(/C=C/c2ccccc2NCCO)cc1. The lowest BCUT2D eigenvalue weighted by atomic mass is 10.1. The second-order valence-electron chi connectivity index (χ2n) is 6.14. The first-order valence-corrected chi connectivity index (χ1v) is 10.3. The zero-order chi connectivity index (χ0) is 20.2. The van der Waals surface area contributed by atoms with E-state index < -0.39 is 0 Å². The fourth-order valence-corrected chi connectivity index (χ4v) is 3.51. The van der Waals surface area contributed by atoms with E-state index in [9.17, 15) is 0 Å². The Morgan fingerprint density at radius 3 is 2.64 bits per heavy atom. The van der Waals surface area contributed by atoms with Crippen molar-refractivity contribution in [3.05, 3.63) is 72.7 Å². The van der Waals surface area contributed by atoms with Crippen molar-refractivity contribution in [2.24, 2.45) is 0 Å². The number of anilines is 1. The normalized spacial score (nSPS) is 12.0. The average Bonchev–Trinajstić information content (AvgIpc) is 2.74. The largest absolute Gasteiger partial charge is 0.395 e. The zero-order valence-corrected chi connectivity index (χ0v) is 17.5. The molecule has 1 aromatic carbocycles. The fourth-order valence-electron chi connectivity index (χ4n) is 2.59. The van der Waals surface area contributed by atoms with Crippen molar-refractivity contribution in [1.29, 1.82) is 0 Å². The molecule has 0 saturated heterocycles. The number of aromatic nitrogens is 1. The molecule has 2 rings (SSSR count). The van der Waals surface area contributed by atoms with Crippen molar-refractivity contribution in [2.45, 2.75) is 6.54 Å². The van der Waals surface area contributed by atoms with Crippen molar-refractivity contribution >= 4 is 34.8 Å². The van der Waals surface area contributed by atoms with Crippen LogP contribution in [0.4, 0.5) is 5.69 Å².